The number of thioether (sulfide) groups is 1. The van der Waals surface area contributed by atoms with Gasteiger partial charge < -0.3 is 10.3 Å². The fourth-order valence-corrected chi connectivity index (χ4v) is 3.05. The molecule has 0 bridgehead atoms. The predicted molar refractivity (Wildman–Crippen MR) is 82.2 cm³/mol. The van der Waals surface area contributed by atoms with Gasteiger partial charge >= 0.3 is 0 Å². The van der Waals surface area contributed by atoms with Crippen LogP contribution in [0, 0.1) is 0 Å². The second-order valence-electron chi connectivity index (χ2n) is 4.15. The van der Waals surface area contributed by atoms with Crippen LogP contribution >= 0.6 is 23.1 Å². The van der Waals surface area contributed by atoms with Gasteiger partial charge in [0.1, 0.15) is 0 Å². The van der Waals surface area contributed by atoms with Crippen molar-refractivity contribution in [3.05, 3.63) is 35.8 Å². The van der Waals surface area contributed by atoms with Crippen LogP contribution in [0.15, 0.2) is 41.0 Å². The molecule has 0 saturated heterocycles. The van der Waals surface area contributed by atoms with Gasteiger partial charge in [-0.05, 0) is 19.1 Å². The van der Waals surface area contributed by atoms with Gasteiger partial charge in [0.15, 0.2) is 10.3 Å². The lowest BCUT2D eigenvalue weighted by molar-refractivity contribution is -0.115. The maximum atomic E-state index is 12.0. The first-order valence-electron chi connectivity index (χ1n) is 6.04. The van der Waals surface area contributed by atoms with Crippen LogP contribution in [-0.4, -0.2) is 26.1 Å². The lowest BCUT2D eigenvalue weighted by atomic mass is 10.3. The summed E-state index contributed by atoms with van der Waals surface area (Å²) in [6.45, 7) is 1.85. The number of amides is 1. The number of nitrogens with one attached hydrogen (secondary N) is 2. The lowest BCUT2D eigenvalue weighted by Gasteiger charge is -2.08. The number of fused-ring (bicyclic) bond motifs is 1. The molecule has 1 unspecified atom stereocenters. The second-order valence-corrected chi connectivity index (χ2v) is 6.37. The number of benzene rings is 1. The van der Waals surface area contributed by atoms with E-state index in [1.165, 1.54) is 23.1 Å². The smallest absolute Gasteiger partial charge is 0.239 e. The molecule has 0 aliphatic heterocycles. The fourth-order valence-electron chi connectivity index (χ4n) is 1.70. The highest BCUT2D eigenvalue weighted by Gasteiger charge is 2.17. The third kappa shape index (κ3) is 2.83. The number of hydrogen-bond donors (Lipinski definition) is 2. The molecule has 0 radical (unpaired) electrons. The third-order valence-corrected chi connectivity index (χ3v) is 4.36. The van der Waals surface area contributed by atoms with Crippen LogP contribution in [0.5, 0.6) is 0 Å². The molecule has 0 aliphatic rings. The number of carbonyl (C=O) groups is 1. The topological polar surface area (TPSA) is 70.7 Å². The number of aromatic amines is 1. The molecule has 3 aromatic rings. The van der Waals surface area contributed by atoms with Crippen molar-refractivity contribution in [1.82, 2.24) is 15.0 Å². The van der Waals surface area contributed by atoms with E-state index < -0.39 is 0 Å². The van der Waals surface area contributed by atoms with Crippen molar-refractivity contribution < 1.29 is 4.79 Å². The van der Waals surface area contributed by atoms with Crippen molar-refractivity contribution in [3.63, 3.8) is 0 Å². The minimum Gasteiger partial charge on any atom is -0.333 e. The Morgan fingerprint density at radius 3 is 3.05 bits per heavy atom. The van der Waals surface area contributed by atoms with E-state index in [0.717, 1.165) is 16.2 Å². The zero-order valence-corrected chi connectivity index (χ0v) is 12.3. The summed E-state index contributed by atoms with van der Waals surface area (Å²) in [7, 11) is 0. The largest absolute Gasteiger partial charge is 0.333 e. The molecule has 2 aromatic heterocycles. The maximum Gasteiger partial charge on any atom is 0.239 e. The molecule has 2 heterocycles. The van der Waals surface area contributed by atoms with E-state index in [1.807, 2.05) is 36.6 Å². The van der Waals surface area contributed by atoms with Gasteiger partial charge in [-0.2, -0.15) is 0 Å². The molecule has 2 N–H and O–H groups in total. The summed E-state index contributed by atoms with van der Waals surface area (Å²) in [4.78, 5) is 23.7. The Labute approximate surface area is 123 Å². The number of thiazole rings is 1. The van der Waals surface area contributed by atoms with Gasteiger partial charge in [-0.1, -0.05) is 23.9 Å². The number of nitrogens with zero attached hydrogens (tertiary/aromatic N) is 2. The van der Waals surface area contributed by atoms with E-state index in [4.69, 9.17) is 0 Å². The average molecular weight is 304 g/mol. The van der Waals surface area contributed by atoms with Crippen LogP contribution < -0.4 is 5.32 Å². The first-order valence-corrected chi connectivity index (χ1v) is 7.80. The SMILES string of the molecule is CC(Sc1nc2ccccc2[nH]1)C(=O)Nc1nccs1. The molecule has 0 saturated carbocycles. The Kier molecular flexibility index (Phi) is 3.70. The molecule has 0 aliphatic carbocycles. The molecule has 102 valence electrons. The number of carbonyl (C=O) groups excluding carboxylic acids is 1. The quantitative estimate of drug-likeness (QED) is 0.726. The Hall–Kier alpha value is -1.86. The Morgan fingerprint density at radius 1 is 1.45 bits per heavy atom. The van der Waals surface area contributed by atoms with Crippen molar-refractivity contribution in [1.29, 1.82) is 0 Å². The zero-order valence-electron chi connectivity index (χ0n) is 10.7. The van der Waals surface area contributed by atoms with Crippen LogP contribution in [0.2, 0.25) is 0 Å². The minimum absolute atomic E-state index is 0.0783. The van der Waals surface area contributed by atoms with E-state index >= 15 is 0 Å². The number of H-pyrrole nitrogens is 1. The van der Waals surface area contributed by atoms with E-state index in [0.29, 0.717) is 5.13 Å². The van der Waals surface area contributed by atoms with Gasteiger partial charge in [0.05, 0.1) is 16.3 Å². The second kappa shape index (κ2) is 5.64. The van der Waals surface area contributed by atoms with E-state index in [2.05, 4.69) is 20.3 Å². The third-order valence-electron chi connectivity index (χ3n) is 2.69. The highest BCUT2D eigenvalue weighted by molar-refractivity contribution is 8.00. The monoisotopic (exact) mass is 304 g/mol. The summed E-state index contributed by atoms with van der Waals surface area (Å²) < 4.78 is 0. The van der Waals surface area contributed by atoms with Crippen LogP contribution in [0.3, 0.4) is 0 Å². The molecule has 1 aromatic carbocycles. The maximum absolute atomic E-state index is 12.0. The molecule has 5 nitrogen and oxygen atoms in total. The zero-order chi connectivity index (χ0) is 13.9. The Morgan fingerprint density at radius 2 is 2.30 bits per heavy atom. The number of hydrogen-bond acceptors (Lipinski definition) is 5. The summed E-state index contributed by atoms with van der Waals surface area (Å²) in [5, 5.41) is 5.72. The van der Waals surface area contributed by atoms with E-state index in [1.54, 1.807) is 6.20 Å². The average Bonchev–Trinajstić information content (AvgIpc) is 3.06. The first kappa shape index (κ1) is 13.1. The summed E-state index contributed by atoms with van der Waals surface area (Å²) in [5.74, 6) is -0.0783. The van der Waals surface area contributed by atoms with Gasteiger partial charge in [-0.3, -0.25) is 4.79 Å². The molecule has 20 heavy (non-hydrogen) atoms. The standard InChI is InChI=1S/C13H12N4OS2/c1-8(11(18)17-12-14-6-7-19-12)20-13-15-9-4-2-3-5-10(9)16-13/h2-8H,1H3,(H,15,16)(H,14,17,18). The molecular formula is C13H12N4OS2. The highest BCUT2D eigenvalue weighted by Crippen LogP contribution is 2.24. The molecule has 0 fully saturated rings. The van der Waals surface area contributed by atoms with Crippen LogP contribution in [-0.2, 0) is 4.79 Å². The van der Waals surface area contributed by atoms with Gasteiger partial charge in [0.25, 0.3) is 0 Å². The van der Waals surface area contributed by atoms with Crippen LogP contribution in [0.1, 0.15) is 6.92 Å². The number of anilines is 1. The van der Waals surface area contributed by atoms with Crippen molar-refractivity contribution in [2.45, 2.75) is 17.3 Å². The first-order chi connectivity index (χ1) is 9.72. The van der Waals surface area contributed by atoms with Crippen molar-refractivity contribution in [3.8, 4) is 0 Å². The predicted octanol–water partition coefficient (Wildman–Crippen LogP) is 3.14. The number of rotatable bonds is 4. The van der Waals surface area contributed by atoms with Gasteiger partial charge in [-0.15, -0.1) is 11.3 Å². The van der Waals surface area contributed by atoms with Gasteiger partial charge in [-0.25, -0.2) is 9.97 Å². The lowest BCUT2D eigenvalue weighted by Crippen LogP contribution is -2.22. The van der Waals surface area contributed by atoms with Crippen molar-refractivity contribution in [2.24, 2.45) is 0 Å². The summed E-state index contributed by atoms with van der Waals surface area (Å²) >= 11 is 2.80. The molecule has 7 heteroatoms. The van der Waals surface area contributed by atoms with Crippen molar-refractivity contribution >= 4 is 45.2 Å². The molecule has 1 atom stereocenters. The Bertz CT molecular complexity index is 690. The molecule has 0 spiro atoms. The Balaban J connectivity index is 1.68. The number of aromatic nitrogens is 3. The number of para-hydroxylation sites is 2. The van der Waals surface area contributed by atoms with Gasteiger partial charge in [0.2, 0.25) is 5.91 Å². The summed E-state index contributed by atoms with van der Waals surface area (Å²) in [6, 6.07) is 7.80. The van der Waals surface area contributed by atoms with Gasteiger partial charge in [0, 0.05) is 11.6 Å². The number of imidazole rings is 1. The van der Waals surface area contributed by atoms with Crippen LogP contribution in [0.25, 0.3) is 11.0 Å². The minimum atomic E-state index is -0.250. The van der Waals surface area contributed by atoms with Crippen molar-refractivity contribution in [2.75, 3.05) is 5.32 Å². The molecule has 3 rings (SSSR count). The molecule has 1 amide bonds. The van der Waals surface area contributed by atoms with E-state index in [9.17, 15) is 4.79 Å². The normalized spacial score (nSPS) is 12.4. The highest BCUT2D eigenvalue weighted by atomic mass is 32.2. The summed E-state index contributed by atoms with van der Waals surface area (Å²) in [5.41, 5.74) is 1.88. The van der Waals surface area contributed by atoms with E-state index in [-0.39, 0.29) is 11.2 Å². The van der Waals surface area contributed by atoms with Crippen LogP contribution in [0.4, 0.5) is 5.13 Å². The molecular weight excluding hydrogens is 292 g/mol. The fraction of sp³-hybridized carbons (Fsp3) is 0.154. The summed E-state index contributed by atoms with van der Waals surface area (Å²) in [6.07, 6.45) is 1.66.